The predicted molar refractivity (Wildman–Crippen MR) is 69.7 cm³/mol. The summed E-state index contributed by atoms with van der Waals surface area (Å²) in [7, 11) is 1.75. The molecule has 1 aromatic rings. The topological polar surface area (TPSA) is 47.3 Å². The van der Waals surface area contributed by atoms with Gasteiger partial charge in [-0.3, -0.25) is 0 Å². The summed E-state index contributed by atoms with van der Waals surface area (Å²) in [6, 6.07) is 7.86. The molecule has 0 amide bonds. The number of unbranched alkanes of at least 4 members (excludes halogenated alkanes) is 3. The van der Waals surface area contributed by atoms with Gasteiger partial charge < -0.3 is 15.8 Å². The van der Waals surface area contributed by atoms with Crippen LogP contribution in [0, 0.1) is 0 Å². The third-order valence-corrected chi connectivity index (χ3v) is 2.52. The van der Waals surface area contributed by atoms with Gasteiger partial charge in [-0.05, 0) is 37.1 Å². The number of anilines is 2. The summed E-state index contributed by atoms with van der Waals surface area (Å²) in [5.74, 6) is 0. The summed E-state index contributed by atoms with van der Waals surface area (Å²) in [5, 5.41) is 3.38. The van der Waals surface area contributed by atoms with Crippen LogP contribution in [-0.4, -0.2) is 20.3 Å². The number of nitrogens with two attached hydrogens (primary N) is 1. The number of ether oxygens (including phenoxy) is 1. The summed E-state index contributed by atoms with van der Waals surface area (Å²) in [6.45, 7) is 1.91. The molecular weight excluding hydrogens is 200 g/mol. The van der Waals surface area contributed by atoms with Crippen molar-refractivity contribution in [3.63, 3.8) is 0 Å². The maximum atomic E-state index is 5.61. The van der Waals surface area contributed by atoms with Crippen molar-refractivity contribution in [1.82, 2.24) is 0 Å². The van der Waals surface area contributed by atoms with Crippen molar-refractivity contribution in [1.29, 1.82) is 0 Å². The molecule has 0 fully saturated rings. The lowest BCUT2D eigenvalue weighted by Crippen LogP contribution is -2.01. The van der Waals surface area contributed by atoms with Gasteiger partial charge in [0.15, 0.2) is 0 Å². The molecule has 0 spiro atoms. The Kier molecular flexibility index (Phi) is 6.42. The smallest absolute Gasteiger partial charge is 0.0462 e. The lowest BCUT2D eigenvalue weighted by atomic mass is 10.2. The molecule has 3 N–H and O–H groups in total. The molecule has 0 radical (unpaired) electrons. The van der Waals surface area contributed by atoms with Crippen molar-refractivity contribution in [3.8, 4) is 0 Å². The van der Waals surface area contributed by atoms with Gasteiger partial charge in [0.1, 0.15) is 0 Å². The van der Waals surface area contributed by atoms with E-state index in [-0.39, 0.29) is 0 Å². The molecule has 16 heavy (non-hydrogen) atoms. The second-order valence-corrected chi connectivity index (χ2v) is 3.96. The Balaban J connectivity index is 2.01. The average Bonchev–Trinajstić information content (AvgIpc) is 2.30. The summed E-state index contributed by atoms with van der Waals surface area (Å²) in [4.78, 5) is 0. The van der Waals surface area contributed by atoms with Crippen molar-refractivity contribution in [2.24, 2.45) is 0 Å². The first-order valence-corrected chi connectivity index (χ1v) is 5.91. The molecule has 0 atom stereocenters. The molecule has 1 rings (SSSR count). The lowest BCUT2D eigenvalue weighted by molar-refractivity contribution is 0.192. The van der Waals surface area contributed by atoms with Gasteiger partial charge in [0.25, 0.3) is 0 Å². The Bertz CT molecular complexity index is 272. The normalized spacial score (nSPS) is 10.3. The number of hydrogen-bond donors (Lipinski definition) is 2. The maximum absolute atomic E-state index is 5.61. The van der Waals surface area contributed by atoms with Crippen LogP contribution in [0.4, 0.5) is 11.4 Å². The van der Waals surface area contributed by atoms with Crippen LogP contribution >= 0.6 is 0 Å². The summed E-state index contributed by atoms with van der Waals surface area (Å²) < 4.78 is 5.00. The highest BCUT2D eigenvalue weighted by Gasteiger charge is 1.92. The first-order valence-electron chi connectivity index (χ1n) is 5.91. The fourth-order valence-electron chi connectivity index (χ4n) is 1.56. The van der Waals surface area contributed by atoms with E-state index in [9.17, 15) is 0 Å². The van der Waals surface area contributed by atoms with Crippen LogP contribution in [0.5, 0.6) is 0 Å². The Morgan fingerprint density at radius 2 is 1.75 bits per heavy atom. The molecule has 0 aliphatic rings. The molecule has 0 aliphatic heterocycles. The molecule has 0 saturated carbocycles. The quantitative estimate of drug-likeness (QED) is 0.525. The number of methoxy groups -OCH3 is 1. The van der Waals surface area contributed by atoms with E-state index in [1.165, 1.54) is 25.7 Å². The second-order valence-electron chi connectivity index (χ2n) is 3.96. The highest BCUT2D eigenvalue weighted by Crippen LogP contribution is 2.10. The fraction of sp³-hybridized carbons (Fsp3) is 0.538. The van der Waals surface area contributed by atoms with Crippen LogP contribution in [0.15, 0.2) is 24.3 Å². The van der Waals surface area contributed by atoms with Gasteiger partial charge in [-0.15, -0.1) is 0 Å². The molecule has 3 heteroatoms. The summed E-state index contributed by atoms with van der Waals surface area (Å²) >= 11 is 0. The van der Waals surface area contributed by atoms with Gasteiger partial charge in [0, 0.05) is 31.6 Å². The molecule has 0 aliphatic carbocycles. The lowest BCUT2D eigenvalue weighted by Gasteiger charge is -2.06. The Labute approximate surface area is 98.0 Å². The highest BCUT2D eigenvalue weighted by atomic mass is 16.5. The minimum absolute atomic E-state index is 0.810. The second kappa shape index (κ2) is 7.99. The van der Waals surface area contributed by atoms with E-state index in [4.69, 9.17) is 10.5 Å². The summed E-state index contributed by atoms with van der Waals surface area (Å²) in [6.07, 6.45) is 4.87. The zero-order chi connectivity index (χ0) is 11.6. The Morgan fingerprint density at radius 1 is 1.06 bits per heavy atom. The number of nitrogen functional groups attached to an aromatic ring is 1. The molecule has 0 bridgehead atoms. The monoisotopic (exact) mass is 222 g/mol. The van der Waals surface area contributed by atoms with Crippen molar-refractivity contribution in [2.45, 2.75) is 25.7 Å². The van der Waals surface area contributed by atoms with Crippen molar-refractivity contribution < 1.29 is 4.74 Å². The molecule has 0 heterocycles. The molecule has 0 saturated heterocycles. The first-order chi connectivity index (χ1) is 7.83. The summed E-state index contributed by atoms with van der Waals surface area (Å²) in [5.41, 5.74) is 7.56. The molecule has 1 aromatic carbocycles. The molecule has 0 unspecified atom stereocenters. The van der Waals surface area contributed by atoms with Gasteiger partial charge >= 0.3 is 0 Å². The van der Waals surface area contributed by atoms with E-state index in [2.05, 4.69) is 5.32 Å². The number of hydrogen-bond acceptors (Lipinski definition) is 3. The van der Waals surface area contributed by atoms with Gasteiger partial charge in [0.05, 0.1) is 0 Å². The Hall–Kier alpha value is -1.22. The van der Waals surface area contributed by atoms with Gasteiger partial charge in [-0.25, -0.2) is 0 Å². The number of benzene rings is 1. The van der Waals surface area contributed by atoms with Crippen LogP contribution in [0.3, 0.4) is 0 Å². The van der Waals surface area contributed by atoms with Crippen LogP contribution in [-0.2, 0) is 4.74 Å². The van der Waals surface area contributed by atoms with Crippen molar-refractivity contribution in [3.05, 3.63) is 24.3 Å². The van der Waals surface area contributed by atoms with E-state index in [1.807, 2.05) is 24.3 Å². The first kappa shape index (κ1) is 12.8. The standard InChI is InChI=1S/C13H22N2O/c1-16-11-5-3-2-4-10-15-13-8-6-12(14)7-9-13/h6-9,15H,2-5,10-11,14H2,1H3. The van der Waals surface area contributed by atoms with Crippen LogP contribution in [0.2, 0.25) is 0 Å². The van der Waals surface area contributed by atoms with Crippen LogP contribution < -0.4 is 11.1 Å². The fourth-order valence-corrected chi connectivity index (χ4v) is 1.56. The number of rotatable bonds is 8. The van der Waals surface area contributed by atoms with Crippen molar-refractivity contribution in [2.75, 3.05) is 31.3 Å². The van der Waals surface area contributed by atoms with Crippen molar-refractivity contribution >= 4 is 11.4 Å². The Morgan fingerprint density at radius 3 is 2.44 bits per heavy atom. The molecule has 3 nitrogen and oxygen atoms in total. The SMILES string of the molecule is COCCCCCCNc1ccc(N)cc1. The van der Waals surface area contributed by atoms with E-state index in [0.717, 1.165) is 24.5 Å². The van der Waals surface area contributed by atoms with E-state index in [1.54, 1.807) is 7.11 Å². The zero-order valence-electron chi connectivity index (χ0n) is 10.0. The minimum Gasteiger partial charge on any atom is -0.399 e. The minimum atomic E-state index is 0.810. The highest BCUT2D eigenvalue weighted by molar-refractivity contribution is 5.50. The molecular formula is C13H22N2O. The predicted octanol–water partition coefficient (Wildman–Crippen LogP) is 2.89. The molecule has 90 valence electrons. The van der Waals surface area contributed by atoms with Gasteiger partial charge in [-0.2, -0.15) is 0 Å². The van der Waals surface area contributed by atoms with Gasteiger partial charge in [0.2, 0.25) is 0 Å². The van der Waals surface area contributed by atoms with Gasteiger partial charge in [-0.1, -0.05) is 12.8 Å². The van der Waals surface area contributed by atoms with Crippen LogP contribution in [0.25, 0.3) is 0 Å². The molecule has 0 aromatic heterocycles. The number of nitrogens with one attached hydrogen (secondary N) is 1. The third-order valence-electron chi connectivity index (χ3n) is 2.52. The van der Waals surface area contributed by atoms with E-state index < -0.39 is 0 Å². The third kappa shape index (κ3) is 5.61. The van der Waals surface area contributed by atoms with E-state index >= 15 is 0 Å². The maximum Gasteiger partial charge on any atom is 0.0462 e. The zero-order valence-corrected chi connectivity index (χ0v) is 10.0. The van der Waals surface area contributed by atoms with Crippen LogP contribution in [0.1, 0.15) is 25.7 Å². The van der Waals surface area contributed by atoms with E-state index in [0.29, 0.717) is 0 Å². The average molecular weight is 222 g/mol. The largest absolute Gasteiger partial charge is 0.399 e.